The molecule has 0 unspecified atom stereocenters. The van der Waals surface area contributed by atoms with Gasteiger partial charge in [-0.3, -0.25) is 4.79 Å². The Labute approximate surface area is 275 Å². The zero-order valence-corrected chi connectivity index (χ0v) is 27.8. The number of benzene rings is 2. The number of hydrogen-bond acceptors (Lipinski definition) is 7. The number of aliphatic hydroxyl groups is 1. The number of esters is 1. The highest BCUT2D eigenvalue weighted by Crippen LogP contribution is 2.29. The Bertz CT molecular complexity index is 1140. The molecule has 2 rings (SSSR count). The van der Waals surface area contributed by atoms with Gasteiger partial charge < -0.3 is 29.7 Å². The van der Waals surface area contributed by atoms with E-state index in [9.17, 15) is 24.6 Å². The summed E-state index contributed by atoms with van der Waals surface area (Å²) in [6, 6.07) is 12.5. The van der Waals surface area contributed by atoms with Crippen molar-refractivity contribution < 1.29 is 38.8 Å². The van der Waals surface area contributed by atoms with Crippen LogP contribution in [0.25, 0.3) is 0 Å². The lowest BCUT2D eigenvalue weighted by Gasteiger charge is -2.22. The van der Waals surface area contributed by atoms with Gasteiger partial charge in [0.15, 0.2) is 24.2 Å². The van der Waals surface area contributed by atoms with E-state index in [4.69, 9.17) is 14.2 Å². The Balaban J connectivity index is 1.87. The first kappa shape index (κ1) is 38.6. The van der Waals surface area contributed by atoms with E-state index in [2.05, 4.69) is 12.2 Å². The lowest BCUT2D eigenvalue weighted by Crippen LogP contribution is -2.48. The lowest BCUT2D eigenvalue weighted by atomic mass is 10.0. The molecule has 2 aromatic carbocycles. The van der Waals surface area contributed by atoms with Crippen molar-refractivity contribution in [2.75, 3.05) is 19.8 Å². The first-order valence-electron chi connectivity index (χ1n) is 17.2. The van der Waals surface area contributed by atoms with Gasteiger partial charge in [-0.15, -0.1) is 0 Å². The third kappa shape index (κ3) is 16.1. The van der Waals surface area contributed by atoms with Gasteiger partial charge in [-0.1, -0.05) is 121 Å². The average Bonchev–Trinajstić information content (AvgIpc) is 3.05. The summed E-state index contributed by atoms with van der Waals surface area (Å²) < 4.78 is 16.6. The molecule has 2 aromatic rings. The van der Waals surface area contributed by atoms with Crippen molar-refractivity contribution in [3.8, 4) is 11.5 Å². The molecule has 46 heavy (non-hydrogen) atoms. The van der Waals surface area contributed by atoms with Gasteiger partial charge in [0.2, 0.25) is 0 Å². The molecule has 3 N–H and O–H groups in total. The van der Waals surface area contributed by atoms with E-state index in [1.807, 2.05) is 6.07 Å². The van der Waals surface area contributed by atoms with Gasteiger partial charge in [-0.05, 0) is 43.5 Å². The Hall–Kier alpha value is -3.59. The molecule has 0 heterocycles. The van der Waals surface area contributed by atoms with Crippen molar-refractivity contribution in [3.05, 3.63) is 59.7 Å². The summed E-state index contributed by atoms with van der Waals surface area (Å²) in [5.74, 6) is -2.00. The second-order valence-corrected chi connectivity index (χ2v) is 11.8. The number of carbonyl (C=O) groups excluding carboxylic acids is 2. The highest BCUT2D eigenvalue weighted by atomic mass is 16.6. The van der Waals surface area contributed by atoms with Crippen molar-refractivity contribution in [3.63, 3.8) is 0 Å². The molecule has 1 amide bonds. The van der Waals surface area contributed by atoms with Gasteiger partial charge in [0, 0.05) is 5.56 Å². The molecule has 256 valence electrons. The zero-order chi connectivity index (χ0) is 33.4. The lowest BCUT2D eigenvalue weighted by molar-refractivity contribution is -0.148. The van der Waals surface area contributed by atoms with Crippen molar-refractivity contribution >= 4 is 17.8 Å². The van der Waals surface area contributed by atoms with Crippen LogP contribution in [-0.4, -0.2) is 60.0 Å². The van der Waals surface area contributed by atoms with Crippen LogP contribution >= 0.6 is 0 Å². The zero-order valence-electron chi connectivity index (χ0n) is 27.8. The SMILES string of the molecule is CCCCCCCCCCCCCCCCOc1ccc(C(=O)N[C@@H](Cc2ccccc2)[C@@H](O)C(=O)O)cc1OCC(=O)OCC. The minimum atomic E-state index is -1.81. The number of nitrogens with one attached hydrogen (secondary N) is 1. The van der Waals surface area contributed by atoms with Crippen LogP contribution in [0, 0.1) is 0 Å². The molecule has 0 aliphatic rings. The van der Waals surface area contributed by atoms with Crippen molar-refractivity contribution in [2.45, 2.75) is 122 Å². The number of hydrogen-bond donors (Lipinski definition) is 3. The number of aliphatic hydroxyl groups excluding tert-OH is 1. The molecule has 9 heteroatoms. The molecular formula is C37H55NO8. The molecule has 0 fully saturated rings. The highest BCUT2D eigenvalue weighted by molar-refractivity contribution is 5.95. The Morgan fingerprint density at radius 2 is 1.33 bits per heavy atom. The van der Waals surface area contributed by atoms with E-state index in [0.717, 1.165) is 24.8 Å². The maximum atomic E-state index is 13.2. The molecule has 0 aliphatic heterocycles. The molecule has 2 atom stereocenters. The number of carboxylic acids is 1. The second kappa shape index (κ2) is 23.7. The van der Waals surface area contributed by atoms with Crippen molar-refractivity contribution in [1.82, 2.24) is 5.32 Å². The van der Waals surface area contributed by atoms with E-state index in [0.29, 0.717) is 12.4 Å². The van der Waals surface area contributed by atoms with Crippen LogP contribution in [0.2, 0.25) is 0 Å². The Morgan fingerprint density at radius 1 is 0.739 bits per heavy atom. The summed E-state index contributed by atoms with van der Waals surface area (Å²) in [5.41, 5.74) is 0.928. The van der Waals surface area contributed by atoms with Gasteiger partial charge >= 0.3 is 11.9 Å². The van der Waals surface area contributed by atoms with Crippen LogP contribution in [0.3, 0.4) is 0 Å². The van der Waals surface area contributed by atoms with E-state index in [-0.39, 0.29) is 30.9 Å². The minimum Gasteiger partial charge on any atom is -0.490 e. The summed E-state index contributed by atoms with van der Waals surface area (Å²) >= 11 is 0. The van der Waals surface area contributed by atoms with Crippen LogP contribution < -0.4 is 14.8 Å². The van der Waals surface area contributed by atoms with Crippen molar-refractivity contribution in [2.24, 2.45) is 0 Å². The fraction of sp³-hybridized carbons (Fsp3) is 0.595. The predicted molar refractivity (Wildman–Crippen MR) is 179 cm³/mol. The maximum Gasteiger partial charge on any atom is 0.344 e. The fourth-order valence-corrected chi connectivity index (χ4v) is 5.23. The normalized spacial score (nSPS) is 12.2. The van der Waals surface area contributed by atoms with E-state index < -0.39 is 30.0 Å². The second-order valence-electron chi connectivity index (χ2n) is 11.8. The largest absolute Gasteiger partial charge is 0.490 e. The smallest absolute Gasteiger partial charge is 0.344 e. The molecule has 0 spiro atoms. The van der Waals surface area contributed by atoms with Gasteiger partial charge in [-0.2, -0.15) is 0 Å². The molecular weight excluding hydrogens is 586 g/mol. The number of rotatable bonds is 26. The van der Waals surface area contributed by atoms with Gasteiger partial charge in [0.05, 0.1) is 19.3 Å². The predicted octanol–water partition coefficient (Wildman–Crippen LogP) is 7.28. The molecule has 0 aromatic heterocycles. The highest BCUT2D eigenvalue weighted by Gasteiger charge is 2.28. The number of carboxylic acid groups (broad SMARTS) is 1. The standard InChI is InChI=1S/C37H55NO8/c1-3-5-6-7-8-9-10-11-12-13-14-15-16-20-25-45-32-24-23-30(27-33(32)46-28-34(39)44-4-2)36(41)38-31(35(40)37(42)43)26-29-21-18-17-19-22-29/h17-19,21-24,27,31,35,40H,3-16,20,25-26,28H2,1-2H3,(H,38,41)(H,42,43)/t31-,35+/m0/s1. The monoisotopic (exact) mass is 641 g/mol. The first-order valence-corrected chi connectivity index (χ1v) is 17.2. The minimum absolute atomic E-state index is 0.118. The summed E-state index contributed by atoms with van der Waals surface area (Å²) in [6.45, 7) is 4.27. The van der Waals surface area contributed by atoms with Gasteiger partial charge in [-0.25, -0.2) is 9.59 Å². The van der Waals surface area contributed by atoms with Crippen LogP contribution in [-0.2, 0) is 20.7 Å². The Morgan fingerprint density at radius 3 is 1.89 bits per heavy atom. The average molecular weight is 642 g/mol. The maximum absolute atomic E-state index is 13.2. The third-order valence-electron chi connectivity index (χ3n) is 7.86. The molecule has 0 aliphatic carbocycles. The topological polar surface area (TPSA) is 131 Å². The number of ether oxygens (including phenoxy) is 3. The summed E-state index contributed by atoms with van der Waals surface area (Å²) in [7, 11) is 0. The summed E-state index contributed by atoms with van der Waals surface area (Å²) in [4.78, 5) is 36.7. The van der Waals surface area contributed by atoms with Gasteiger partial charge in [0.1, 0.15) is 0 Å². The molecule has 0 saturated heterocycles. The molecule has 0 bridgehead atoms. The number of carbonyl (C=O) groups is 3. The molecule has 9 nitrogen and oxygen atoms in total. The van der Waals surface area contributed by atoms with E-state index >= 15 is 0 Å². The quantitative estimate of drug-likeness (QED) is 0.0722. The molecule has 0 radical (unpaired) electrons. The van der Waals surface area contributed by atoms with Crippen molar-refractivity contribution in [1.29, 1.82) is 0 Å². The number of unbranched alkanes of at least 4 members (excludes halogenated alkanes) is 13. The number of amides is 1. The van der Waals surface area contributed by atoms with Gasteiger partial charge in [0.25, 0.3) is 5.91 Å². The summed E-state index contributed by atoms with van der Waals surface area (Å²) in [5, 5.41) is 22.3. The number of aliphatic carboxylic acids is 1. The summed E-state index contributed by atoms with van der Waals surface area (Å²) in [6.07, 6.45) is 16.0. The van der Waals surface area contributed by atoms with Crippen LogP contribution in [0.15, 0.2) is 48.5 Å². The van der Waals surface area contributed by atoms with E-state index in [1.165, 1.54) is 76.7 Å². The van der Waals surface area contributed by atoms with E-state index in [1.54, 1.807) is 43.3 Å². The third-order valence-corrected chi connectivity index (χ3v) is 7.86. The Kier molecular flexibility index (Phi) is 19.9. The van der Waals surface area contributed by atoms with Crippen LogP contribution in [0.1, 0.15) is 120 Å². The first-order chi connectivity index (χ1) is 22.3. The van der Waals surface area contributed by atoms with Crippen LogP contribution in [0.5, 0.6) is 11.5 Å². The fourth-order valence-electron chi connectivity index (χ4n) is 5.23. The molecule has 0 saturated carbocycles. The van der Waals surface area contributed by atoms with Crippen LogP contribution in [0.4, 0.5) is 0 Å².